The molecule has 0 bridgehead atoms. The molecule has 0 unspecified atom stereocenters. The standard InChI is InChI=1S/C18H23N5O2/c1-25-17-7-9-19-18(21-17)23-13-11-22(12-14-23)10-8-16(24)20-15-5-3-2-4-6-15/h2-7,9H,8,10-14H2,1H3,(H,20,24). The van der Waals surface area contributed by atoms with Crippen LogP contribution in [0.3, 0.4) is 0 Å². The van der Waals surface area contributed by atoms with Gasteiger partial charge in [0.25, 0.3) is 0 Å². The average Bonchev–Trinajstić information content (AvgIpc) is 2.67. The summed E-state index contributed by atoms with van der Waals surface area (Å²) in [7, 11) is 1.60. The molecule has 2 heterocycles. The van der Waals surface area contributed by atoms with Gasteiger partial charge in [-0.1, -0.05) is 18.2 Å². The predicted molar refractivity (Wildman–Crippen MR) is 96.9 cm³/mol. The molecule has 132 valence electrons. The summed E-state index contributed by atoms with van der Waals surface area (Å²) in [6.07, 6.45) is 2.20. The van der Waals surface area contributed by atoms with E-state index in [1.54, 1.807) is 19.4 Å². The Labute approximate surface area is 147 Å². The van der Waals surface area contributed by atoms with E-state index in [9.17, 15) is 4.79 Å². The number of piperazine rings is 1. The molecule has 0 radical (unpaired) electrons. The molecule has 3 rings (SSSR count). The second-order valence-electron chi connectivity index (χ2n) is 5.89. The molecule has 1 fully saturated rings. The summed E-state index contributed by atoms with van der Waals surface area (Å²) in [5.74, 6) is 1.32. The fraction of sp³-hybridized carbons (Fsp3) is 0.389. The van der Waals surface area contributed by atoms with Crippen LogP contribution in [0.2, 0.25) is 0 Å². The number of nitrogens with zero attached hydrogens (tertiary/aromatic N) is 4. The van der Waals surface area contributed by atoms with Crippen LogP contribution < -0.4 is 15.0 Å². The molecule has 1 aliphatic heterocycles. The fourth-order valence-electron chi connectivity index (χ4n) is 2.77. The van der Waals surface area contributed by atoms with Crippen molar-refractivity contribution in [2.75, 3.05) is 50.1 Å². The van der Waals surface area contributed by atoms with Crippen molar-refractivity contribution in [2.24, 2.45) is 0 Å². The summed E-state index contributed by atoms with van der Waals surface area (Å²) in [6, 6.07) is 11.3. The van der Waals surface area contributed by atoms with Crippen molar-refractivity contribution in [3.05, 3.63) is 42.6 Å². The Morgan fingerprint density at radius 3 is 2.64 bits per heavy atom. The number of rotatable bonds is 6. The maximum absolute atomic E-state index is 12.0. The minimum Gasteiger partial charge on any atom is -0.481 e. The van der Waals surface area contributed by atoms with Gasteiger partial charge in [-0.05, 0) is 12.1 Å². The molecular weight excluding hydrogens is 318 g/mol. The second kappa shape index (κ2) is 8.43. The Balaban J connectivity index is 1.42. The first-order valence-corrected chi connectivity index (χ1v) is 8.44. The number of benzene rings is 1. The number of anilines is 2. The third kappa shape index (κ3) is 4.90. The number of ether oxygens (including phenoxy) is 1. The maximum Gasteiger partial charge on any atom is 0.228 e. The number of amides is 1. The second-order valence-corrected chi connectivity index (χ2v) is 5.89. The zero-order valence-corrected chi connectivity index (χ0v) is 14.4. The minimum absolute atomic E-state index is 0.0461. The van der Waals surface area contributed by atoms with Gasteiger partial charge in [-0.2, -0.15) is 4.98 Å². The maximum atomic E-state index is 12.0. The number of carbonyl (C=O) groups excluding carboxylic acids is 1. The van der Waals surface area contributed by atoms with Crippen LogP contribution >= 0.6 is 0 Å². The highest BCUT2D eigenvalue weighted by molar-refractivity contribution is 5.90. The summed E-state index contributed by atoms with van der Waals surface area (Å²) in [5.41, 5.74) is 0.840. The normalized spacial score (nSPS) is 15.0. The lowest BCUT2D eigenvalue weighted by molar-refractivity contribution is -0.116. The Morgan fingerprint density at radius 1 is 1.16 bits per heavy atom. The van der Waals surface area contributed by atoms with E-state index in [2.05, 4.69) is 25.1 Å². The van der Waals surface area contributed by atoms with E-state index in [1.807, 2.05) is 30.3 Å². The zero-order valence-electron chi connectivity index (χ0n) is 14.4. The minimum atomic E-state index is 0.0461. The molecule has 0 spiro atoms. The molecule has 7 heteroatoms. The van der Waals surface area contributed by atoms with E-state index in [-0.39, 0.29) is 5.91 Å². The van der Waals surface area contributed by atoms with Crippen molar-refractivity contribution in [2.45, 2.75) is 6.42 Å². The largest absolute Gasteiger partial charge is 0.481 e. The molecule has 1 aromatic carbocycles. The van der Waals surface area contributed by atoms with Crippen molar-refractivity contribution in [3.8, 4) is 5.88 Å². The van der Waals surface area contributed by atoms with E-state index in [0.717, 1.165) is 38.4 Å². The van der Waals surface area contributed by atoms with Gasteiger partial charge in [-0.25, -0.2) is 4.98 Å². The van der Waals surface area contributed by atoms with Crippen LogP contribution in [-0.4, -0.2) is 60.6 Å². The highest BCUT2D eigenvalue weighted by atomic mass is 16.5. The van der Waals surface area contributed by atoms with E-state index in [0.29, 0.717) is 18.2 Å². The van der Waals surface area contributed by atoms with Gasteiger partial charge in [-0.15, -0.1) is 0 Å². The van der Waals surface area contributed by atoms with Crippen molar-refractivity contribution in [1.82, 2.24) is 14.9 Å². The van der Waals surface area contributed by atoms with Gasteiger partial charge >= 0.3 is 0 Å². The fourth-order valence-corrected chi connectivity index (χ4v) is 2.77. The lowest BCUT2D eigenvalue weighted by atomic mass is 10.2. The number of hydrogen-bond acceptors (Lipinski definition) is 6. The van der Waals surface area contributed by atoms with Gasteiger partial charge < -0.3 is 15.0 Å². The van der Waals surface area contributed by atoms with Crippen LogP contribution in [-0.2, 0) is 4.79 Å². The van der Waals surface area contributed by atoms with Gasteiger partial charge in [0.1, 0.15) is 0 Å². The topological polar surface area (TPSA) is 70.6 Å². The first-order chi connectivity index (χ1) is 12.2. The molecule has 1 aliphatic rings. The number of aromatic nitrogens is 2. The molecule has 0 atom stereocenters. The summed E-state index contributed by atoms with van der Waals surface area (Å²) in [6.45, 7) is 4.21. The van der Waals surface area contributed by atoms with Crippen LogP contribution in [0, 0.1) is 0 Å². The van der Waals surface area contributed by atoms with E-state index in [1.165, 1.54) is 0 Å². The van der Waals surface area contributed by atoms with Crippen LogP contribution in [0.25, 0.3) is 0 Å². The summed E-state index contributed by atoms with van der Waals surface area (Å²) >= 11 is 0. The summed E-state index contributed by atoms with van der Waals surface area (Å²) < 4.78 is 5.15. The number of nitrogens with one attached hydrogen (secondary N) is 1. The van der Waals surface area contributed by atoms with E-state index < -0.39 is 0 Å². The molecule has 0 saturated carbocycles. The van der Waals surface area contributed by atoms with Crippen LogP contribution in [0.4, 0.5) is 11.6 Å². The van der Waals surface area contributed by atoms with Crippen molar-refractivity contribution in [1.29, 1.82) is 0 Å². The zero-order chi connectivity index (χ0) is 17.5. The average molecular weight is 341 g/mol. The molecule has 1 amide bonds. The molecule has 25 heavy (non-hydrogen) atoms. The smallest absolute Gasteiger partial charge is 0.228 e. The molecular formula is C18H23N5O2. The van der Waals surface area contributed by atoms with Gasteiger partial charge in [0.2, 0.25) is 17.7 Å². The Bertz CT molecular complexity index is 687. The Kier molecular flexibility index (Phi) is 5.79. The van der Waals surface area contributed by atoms with Gasteiger partial charge in [0.05, 0.1) is 7.11 Å². The first kappa shape index (κ1) is 17.2. The van der Waals surface area contributed by atoms with Gasteiger partial charge in [0, 0.05) is 57.1 Å². The highest BCUT2D eigenvalue weighted by Gasteiger charge is 2.19. The lowest BCUT2D eigenvalue weighted by Crippen LogP contribution is -2.47. The van der Waals surface area contributed by atoms with Crippen LogP contribution in [0.15, 0.2) is 42.6 Å². The molecule has 7 nitrogen and oxygen atoms in total. The van der Waals surface area contributed by atoms with Crippen molar-refractivity contribution in [3.63, 3.8) is 0 Å². The Hall–Kier alpha value is -2.67. The van der Waals surface area contributed by atoms with Crippen molar-refractivity contribution >= 4 is 17.5 Å². The SMILES string of the molecule is COc1ccnc(N2CCN(CCC(=O)Nc3ccccc3)CC2)n1. The monoisotopic (exact) mass is 341 g/mol. The van der Waals surface area contributed by atoms with Crippen molar-refractivity contribution < 1.29 is 9.53 Å². The molecule has 0 aliphatic carbocycles. The van der Waals surface area contributed by atoms with Crippen LogP contribution in [0.5, 0.6) is 5.88 Å². The first-order valence-electron chi connectivity index (χ1n) is 8.44. The quantitative estimate of drug-likeness (QED) is 0.861. The Morgan fingerprint density at radius 2 is 1.92 bits per heavy atom. The summed E-state index contributed by atoms with van der Waals surface area (Å²) in [4.78, 5) is 25.1. The van der Waals surface area contributed by atoms with E-state index in [4.69, 9.17) is 4.74 Å². The van der Waals surface area contributed by atoms with Crippen LogP contribution in [0.1, 0.15) is 6.42 Å². The highest BCUT2D eigenvalue weighted by Crippen LogP contribution is 2.14. The predicted octanol–water partition coefficient (Wildman–Crippen LogP) is 1.64. The molecule has 1 aromatic heterocycles. The summed E-state index contributed by atoms with van der Waals surface area (Å²) in [5, 5.41) is 2.92. The van der Waals surface area contributed by atoms with E-state index >= 15 is 0 Å². The lowest BCUT2D eigenvalue weighted by Gasteiger charge is -2.34. The molecule has 1 saturated heterocycles. The number of para-hydroxylation sites is 1. The molecule has 1 N–H and O–H groups in total. The third-order valence-electron chi connectivity index (χ3n) is 4.19. The number of hydrogen-bond donors (Lipinski definition) is 1. The number of carbonyl (C=O) groups is 1. The molecule has 2 aromatic rings. The van der Waals surface area contributed by atoms with Gasteiger partial charge in [0.15, 0.2) is 0 Å². The number of methoxy groups -OCH3 is 1. The van der Waals surface area contributed by atoms with Gasteiger partial charge in [-0.3, -0.25) is 9.69 Å². The third-order valence-corrected chi connectivity index (χ3v) is 4.19.